The van der Waals surface area contributed by atoms with Crippen LogP contribution in [0.25, 0.3) is 0 Å². The Hall–Kier alpha value is -2.44. The Bertz CT molecular complexity index is 1160. The number of carbonyl (C=O) groups excluding carboxylic acids is 3. The van der Waals surface area contributed by atoms with Gasteiger partial charge in [0.2, 0.25) is 11.8 Å². The molecule has 1 N–H and O–H groups in total. The molecule has 0 spiro atoms. The van der Waals surface area contributed by atoms with Gasteiger partial charge in [0.1, 0.15) is 0 Å². The van der Waals surface area contributed by atoms with Gasteiger partial charge in [-0.3, -0.25) is 14.4 Å². The first-order chi connectivity index (χ1) is 14.9. The minimum atomic E-state index is -0.334. The molecule has 2 saturated carbocycles. The molecule has 0 aromatic heterocycles. The molecule has 2 aromatic carbocycles. The summed E-state index contributed by atoms with van der Waals surface area (Å²) in [6.07, 6.45) is 5.44. The largest absolute Gasteiger partial charge is 0.322 e. The van der Waals surface area contributed by atoms with Crippen molar-refractivity contribution >= 4 is 56.6 Å². The van der Waals surface area contributed by atoms with Gasteiger partial charge in [0.25, 0.3) is 5.91 Å². The smallest absolute Gasteiger partial charge is 0.255 e. The quantitative estimate of drug-likeness (QED) is 0.484. The first-order valence-corrected chi connectivity index (χ1v) is 11.5. The van der Waals surface area contributed by atoms with Gasteiger partial charge in [-0.05, 0) is 82.4 Å². The Morgan fingerprint density at radius 1 is 1.00 bits per heavy atom. The molecular weight excluding hydrogens is 480 g/mol. The summed E-state index contributed by atoms with van der Waals surface area (Å²) in [6, 6.07) is 11.8. The maximum Gasteiger partial charge on any atom is 0.255 e. The highest BCUT2D eigenvalue weighted by Gasteiger charge is 2.67. The van der Waals surface area contributed by atoms with Crippen LogP contribution in [0, 0.1) is 35.5 Å². The van der Waals surface area contributed by atoms with Crippen LogP contribution in [-0.2, 0) is 9.59 Å². The molecule has 6 atom stereocenters. The van der Waals surface area contributed by atoms with Crippen LogP contribution in [0.3, 0.4) is 0 Å². The van der Waals surface area contributed by atoms with Crippen molar-refractivity contribution in [2.24, 2.45) is 35.5 Å². The van der Waals surface area contributed by atoms with Crippen LogP contribution in [0.1, 0.15) is 16.8 Å². The van der Waals surface area contributed by atoms with Gasteiger partial charge in [0.15, 0.2) is 0 Å². The molecule has 5 nitrogen and oxygen atoms in total. The van der Waals surface area contributed by atoms with E-state index in [-0.39, 0.29) is 41.4 Å². The van der Waals surface area contributed by atoms with E-state index in [0.29, 0.717) is 33.8 Å². The third kappa shape index (κ3) is 2.84. The summed E-state index contributed by atoms with van der Waals surface area (Å²) in [5.41, 5.74) is 1.39. The Morgan fingerprint density at radius 3 is 2.32 bits per heavy atom. The van der Waals surface area contributed by atoms with Crippen LogP contribution in [0.4, 0.5) is 11.4 Å². The lowest BCUT2D eigenvalue weighted by Gasteiger charge is -2.37. The third-order valence-corrected chi connectivity index (χ3v) is 8.44. The van der Waals surface area contributed by atoms with E-state index in [1.165, 1.54) is 4.90 Å². The third-order valence-electron chi connectivity index (χ3n) is 7.21. The SMILES string of the molecule is O=C(Nc1ccc(Br)c(Cl)c1)c1cccc(N2C(=O)[C@H]3[C@@H]4C=C[C@@H]([C@H]5C[C@H]45)[C@@H]3C2=O)c1. The van der Waals surface area contributed by atoms with Crippen molar-refractivity contribution in [1.82, 2.24) is 0 Å². The molecule has 3 fully saturated rings. The summed E-state index contributed by atoms with van der Waals surface area (Å²) >= 11 is 9.43. The normalized spacial score (nSPS) is 32.1. The van der Waals surface area contributed by atoms with E-state index in [1.807, 2.05) is 0 Å². The minimum absolute atomic E-state index is 0.128. The van der Waals surface area contributed by atoms with E-state index >= 15 is 0 Å². The van der Waals surface area contributed by atoms with Crippen molar-refractivity contribution in [3.8, 4) is 0 Å². The number of rotatable bonds is 3. The Balaban J connectivity index is 1.28. The molecule has 0 unspecified atom stereocenters. The summed E-state index contributed by atoms with van der Waals surface area (Å²) in [5.74, 6) is 0.367. The number of imide groups is 1. The fraction of sp³-hybridized carbons (Fsp3) is 0.292. The number of amides is 3. The Morgan fingerprint density at radius 2 is 1.68 bits per heavy atom. The highest BCUT2D eigenvalue weighted by molar-refractivity contribution is 9.10. The Kier molecular flexibility index (Phi) is 4.21. The summed E-state index contributed by atoms with van der Waals surface area (Å²) in [5, 5.41) is 3.30. The van der Waals surface area contributed by atoms with Gasteiger partial charge in [-0.25, -0.2) is 4.90 Å². The lowest BCUT2D eigenvalue weighted by molar-refractivity contribution is -0.124. The number of hydrogen-bond acceptors (Lipinski definition) is 3. The number of benzene rings is 2. The standard InChI is InChI=1S/C24H18BrClN2O3/c25-18-7-4-12(9-19(18)26)27-22(29)11-2-1-3-13(8-11)28-23(30)20-14-5-6-15(17-10-16(14)17)21(20)24(28)31/h1-9,14-17,20-21H,10H2,(H,27,29)/t14-,15+,16-,17-,20+,21+/m1/s1. The predicted molar refractivity (Wildman–Crippen MR) is 121 cm³/mol. The first kappa shape index (κ1) is 19.3. The molecule has 3 amide bonds. The fourth-order valence-corrected chi connectivity index (χ4v) is 6.20. The van der Waals surface area contributed by atoms with Crippen LogP contribution in [0.15, 0.2) is 59.1 Å². The summed E-state index contributed by atoms with van der Waals surface area (Å²) in [7, 11) is 0. The number of anilines is 2. The van der Waals surface area contributed by atoms with E-state index in [0.717, 1.165) is 10.9 Å². The minimum Gasteiger partial charge on any atom is -0.322 e. The van der Waals surface area contributed by atoms with Crippen LogP contribution >= 0.6 is 27.5 Å². The molecule has 5 aliphatic rings. The predicted octanol–water partition coefficient (Wildman–Crippen LogP) is 4.91. The maximum atomic E-state index is 13.3. The second kappa shape index (κ2) is 6.78. The molecule has 31 heavy (non-hydrogen) atoms. The van der Waals surface area contributed by atoms with E-state index in [9.17, 15) is 14.4 Å². The van der Waals surface area contributed by atoms with Crippen molar-refractivity contribution in [3.05, 3.63) is 69.7 Å². The maximum absolute atomic E-state index is 13.3. The molecule has 2 bridgehead atoms. The van der Waals surface area contributed by atoms with Gasteiger partial charge in [0.05, 0.1) is 22.5 Å². The molecule has 7 heteroatoms. The first-order valence-electron chi connectivity index (χ1n) is 10.4. The second-order valence-corrected chi connectivity index (χ2v) is 10.1. The number of halogens is 2. The van der Waals surface area contributed by atoms with Crippen molar-refractivity contribution in [2.45, 2.75) is 6.42 Å². The summed E-state index contributed by atoms with van der Waals surface area (Å²) < 4.78 is 0.739. The number of nitrogens with one attached hydrogen (secondary N) is 1. The van der Waals surface area contributed by atoms with E-state index < -0.39 is 0 Å². The molecule has 7 rings (SSSR count). The lowest BCUT2D eigenvalue weighted by atomic mass is 9.63. The van der Waals surface area contributed by atoms with Crippen LogP contribution in [-0.4, -0.2) is 17.7 Å². The van der Waals surface area contributed by atoms with E-state index in [1.54, 1.807) is 42.5 Å². The zero-order valence-electron chi connectivity index (χ0n) is 16.3. The van der Waals surface area contributed by atoms with Gasteiger partial charge in [-0.1, -0.05) is 29.8 Å². The molecular formula is C24H18BrClN2O3. The van der Waals surface area contributed by atoms with Crippen molar-refractivity contribution in [2.75, 3.05) is 10.2 Å². The Labute approximate surface area is 192 Å². The van der Waals surface area contributed by atoms with E-state index in [2.05, 4.69) is 33.4 Å². The summed E-state index contributed by atoms with van der Waals surface area (Å²) in [4.78, 5) is 40.7. The van der Waals surface area contributed by atoms with Crippen LogP contribution in [0.5, 0.6) is 0 Å². The second-order valence-electron chi connectivity index (χ2n) is 8.80. The average molecular weight is 498 g/mol. The zero-order valence-corrected chi connectivity index (χ0v) is 18.6. The molecule has 156 valence electrons. The number of hydrogen-bond donors (Lipinski definition) is 1. The van der Waals surface area contributed by atoms with Crippen molar-refractivity contribution in [1.29, 1.82) is 0 Å². The fourth-order valence-electron chi connectivity index (χ4n) is 5.77. The van der Waals surface area contributed by atoms with Gasteiger partial charge in [-0.15, -0.1) is 0 Å². The topological polar surface area (TPSA) is 66.5 Å². The zero-order chi connectivity index (χ0) is 21.4. The molecule has 2 aromatic rings. The number of allylic oxidation sites excluding steroid dienone is 2. The molecule has 1 aliphatic heterocycles. The molecule has 4 aliphatic carbocycles. The average Bonchev–Trinajstić information content (AvgIpc) is 3.54. The number of carbonyl (C=O) groups is 3. The van der Waals surface area contributed by atoms with Crippen LogP contribution in [0.2, 0.25) is 5.02 Å². The van der Waals surface area contributed by atoms with Gasteiger partial charge >= 0.3 is 0 Å². The van der Waals surface area contributed by atoms with Gasteiger partial charge in [-0.2, -0.15) is 0 Å². The highest BCUT2D eigenvalue weighted by Crippen LogP contribution is 2.65. The van der Waals surface area contributed by atoms with Crippen LogP contribution < -0.4 is 10.2 Å². The molecule has 0 radical (unpaired) electrons. The summed E-state index contributed by atoms with van der Waals surface area (Å²) in [6.45, 7) is 0. The van der Waals surface area contributed by atoms with Gasteiger partial charge < -0.3 is 5.32 Å². The molecule has 1 heterocycles. The van der Waals surface area contributed by atoms with Gasteiger partial charge in [0, 0.05) is 15.7 Å². The molecule has 1 saturated heterocycles. The lowest BCUT2D eigenvalue weighted by Crippen LogP contribution is -2.40. The monoisotopic (exact) mass is 496 g/mol. The highest BCUT2D eigenvalue weighted by atomic mass is 79.9. The number of nitrogens with zero attached hydrogens (tertiary/aromatic N) is 1. The van der Waals surface area contributed by atoms with Crippen molar-refractivity contribution in [3.63, 3.8) is 0 Å². The van der Waals surface area contributed by atoms with E-state index in [4.69, 9.17) is 11.6 Å². The van der Waals surface area contributed by atoms with Crippen molar-refractivity contribution < 1.29 is 14.4 Å².